The highest BCUT2D eigenvalue weighted by Crippen LogP contribution is 2.27. The summed E-state index contributed by atoms with van der Waals surface area (Å²) >= 11 is 6.31. The highest BCUT2D eigenvalue weighted by molar-refractivity contribution is 7.92. The number of nitrogens with zero attached hydrogens (tertiary/aromatic N) is 2. The van der Waals surface area contributed by atoms with Crippen molar-refractivity contribution in [1.29, 1.82) is 0 Å². The van der Waals surface area contributed by atoms with Crippen LogP contribution in [0.1, 0.15) is 37.0 Å². The number of methoxy groups -OCH3 is 1. The summed E-state index contributed by atoms with van der Waals surface area (Å²) in [5, 5.41) is 3.52. The molecule has 4 rings (SSSR count). The van der Waals surface area contributed by atoms with E-state index in [1.807, 2.05) is 57.2 Å². The molecule has 2 amide bonds. The second kappa shape index (κ2) is 15.8. The summed E-state index contributed by atoms with van der Waals surface area (Å²) in [5.74, 6) is -0.368. The van der Waals surface area contributed by atoms with Gasteiger partial charge >= 0.3 is 0 Å². The number of sulfonamides is 1. The van der Waals surface area contributed by atoms with Crippen molar-refractivity contribution in [1.82, 2.24) is 10.2 Å². The maximum Gasteiger partial charge on any atom is 0.264 e. The fourth-order valence-corrected chi connectivity index (χ4v) is 6.57. The molecule has 0 aliphatic carbocycles. The molecule has 0 unspecified atom stereocenters. The van der Waals surface area contributed by atoms with Crippen LogP contribution in [0.2, 0.25) is 5.02 Å². The van der Waals surface area contributed by atoms with Gasteiger partial charge in [0.2, 0.25) is 11.8 Å². The average Bonchev–Trinajstić information content (AvgIpc) is 3.06. The first-order valence-corrected chi connectivity index (χ1v) is 16.9. The van der Waals surface area contributed by atoms with Crippen molar-refractivity contribution < 1.29 is 22.7 Å². The summed E-state index contributed by atoms with van der Waals surface area (Å²) in [4.78, 5) is 29.9. The van der Waals surface area contributed by atoms with E-state index in [2.05, 4.69) is 5.32 Å². The van der Waals surface area contributed by atoms with Gasteiger partial charge in [-0.15, -0.1) is 0 Å². The lowest BCUT2D eigenvalue weighted by molar-refractivity contribution is -0.140. The fraction of sp³-hybridized carbons (Fsp3) is 0.278. The number of carbonyl (C=O) groups excluding carboxylic acids is 2. The van der Waals surface area contributed by atoms with Crippen molar-refractivity contribution in [2.75, 3.05) is 18.0 Å². The van der Waals surface area contributed by atoms with Gasteiger partial charge in [-0.3, -0.25) is 13.9 Å². The molecule has 0 heterocycles. The fourth-order valence-electron chi connectivity index (χ4n) is 4.94. The van der Waals surface area contributed by atoms with E-state index >= 15 is 0 Å². The third-order valence-electron chi connectivity index (χ3n) is 7.76. The first-order chi connectivity index (χ1) is 22.0. The zero-order valence-electron chi connectivity index (χ0n) is 26.5. The number of carbonyl (C=O) groups is 2. The zero-order valence-corrected chi connectivity index (χ0v) is 28.1. The number of halogens is 1. The first kappa shape index (κ1) is 34.5. The quantitative estimate of drug-likeness (QED) is 0.169. The molecule has 0 bridgehead atoms. The molecule has 0 spiro atoms. The normalized spacial score (nSPS) is 12.5. The number of benzene rings is 4. The lowest BCUT2D eigenvalue weighted by atomic mass is 10.0. The van der Waals surface area contributed by atoms with Crippen LogP contribution in [0.3, 0.4) is 0 Å². The monoisotopic (exact) mass is 661 g/mol. The number of aryl methyl sites for hydroxylation is 1. The molecule has 1 N–H and O–H groups in total. The maximum atomic E-state index is 14.5. The summed E-state index contributed by atoms with van der Waals surface area (Å²) in [6.07, 6.45) is 0.929. The SMILES string of the molecule is CC[C@@H](C)NC(=O)[C@@H](Cc1ccccc1)N(Cc1cccc(Cl)c1)C(=O)CN(c1ccc(C)cc1)S(=O)(=O)c1ccc(OC)cc1. The summed E-state index contributed by atoms with van der Waals surface area (Å²) in [5.41, 5.74) is 2.82. The van der Waals surface area contributed by atoms with Crippen LogP contribution in [-0.4, -0.2) is 50.9 Å². The smallest absolute Gasteiger partial charge is 0.264 e. The average molecular weight is 662 g/mol. The molecule has 0 fully saturated rings. The Kier molecular flexibility index (Phi) is 11.8. The van der Waals surface area contributed by atoms with E-state index in [9.17, 15) is 18.0 Å². The molecule has 8 nitrogen and oxygen atoms in total. The van der Waals surface area contributed by atoms with Crippen molar-refractivity contribution in [2.45, 2.75) is 57.1 Å². The highest BCUT2D eigenvalue weighted by Gasteiger charge is 2.35. The Bertz CT molecular complexity index is 1720. The van der Waals surface area contributed by atoms with Gasteiger partial charge < -0.3 is 15.0 Å². The van der Waals surface area contributed by atoms with Gasteiger partial charge in [-0.2, -0.15) is 0 Å². The Labute approximate surface area is 277 Å². The molecular formula is C36H40ClN3O5S. The zero-order chi connectivity index (χ0) is 33.3. The first-order valence-electron chi connectivity index (χ1n) is 15.1. The third-order valence-corrected chi connectivity index (χ3v) is 9.79. The van der Waals surface area contributed by atoms with Crippen LogP contribution < -0.4 is 14.4 Å². The predicted octanol–water partition coefficient (Wildman–Crippen LogP) is 6.41. The number of rotatable bonds is 14. The molecule has 0 aliphatic heterocycles. The van der Waals surface area contributed by atoms with Gasteiger partial charge in [-0.1, -0.05) is 78.7 Å². The number of hydrogen-bond donors (Lipinski definition) is 1. The van der Waals surface area contributed by atoms with Gasteiger partial charge in [-0.25, -0.2) is 8.42 Å². The van der Waals surface area contributed by atoms with Gasteiger partial charge in [0.1, 0.15) is 18.3 Å². The minimum absolute atomic E-state index is 0.00147. The Hall–Kier alpha value is -4.34. The highest BCUT2D eigenvalue weighted by atomic mass is 35.5. The van der Waals surface area contributed by atoms with Crippen molar-refractivity contribution in [3.8, 4) is 5.75 Å². The Morgan fingerprint density at radius 1 is 0.891 bits per heavy atom. The number of amides is 2. The molecule has 4 aromatic carbocycles. The van der Waals surface area contributed by atoms with Crippen molar-refractivity contribution in [2.24, 2.45) is 0 Å². The maximum absolute atomic E-state index is 14.5. The number of hydrogen-bond acceptors (Lipinski definition) is 5. The second-order valence-corrected chi connectivity index (χ2v) is 13.5. The van der Waals surface area contributed by atoms with E-state index < -0.39 is 28.5 Å². The minimum atomic E-state index is -4.22. The molecular weight excluding hydrogens is 622 g/mol. The number of anilines is 1. The summed E-state index contributed by atoms with van der Waals surface area (Å²) < 4.78 is 34.7. The molecule has 0 radical (unpaired) electrons. The van der Waals surface area contributed by atoms with Crippen LogP contribution in [0.5, 0.6) is 5.75 Å². The minimum Gasteiger partial charge on any atom is -0.497 e. The van der Waals surface area contributed by atoms with Crippen LogP contribution in [-0.2, 0) is 32.6 Å². The summed E-state index contributed by atoms with van der Waals surface area (Å²) in [7, 11) is -2.72. The third kappa shape index (κ3) is 8.89. The van der Waals surface area contributed by atoms with Gasteiger partial charge in [0.15, 0.2) is 0 Å². The molecule has 10 heteroatoms. The summed E-state index contributed by atoms with van der Waals surface area (Å²) in [6, 6.07) is 28.4. The van der Waals surface area contributed by atoms with Gasteiger partial charge in [0, 0.05) is 24.0 Å². The molecule has 0 aromatic heterocycles. The van der Waals surface area contributed by atoms with E-state index in [-0.39, 0.29) is 29.8 Å². The number of ether oxygens (including phenoxy) is 1. The van der Waals surface area contributed by atoms with E-state index in [1.165, 1.54) is 24.1 Å². The number of nitrogens with one attached hydrogen (secondary N) is 1. The van der Waals surface area contributed by atoms with Crippen molar-refractivity contribution >= 4 is 39.1 Å². The molecule has 2 atom stereocenters. The Morgan fingerprint density at radius 3 is 2.15 bits per heavy atom. The molecule has 4 aromatic rings. The standard InChI is InChI=1S/C36H40ClN3O5S/c1-5-27(3)38-36(42)34(23-28-10-7-6-8-11-28)39(24-29-12-9-13-30(37)22-29)35(41)25-40(31-16-14-26(2)15-17-31)46(43,44)33-20-18-32(45-4)19-21-33/h6-22,27,34H,5,23-25H2,1-4H3,(H,38,42)/t27-,34-/m1/s1. The summed E-state index contributed by atoms with van der Waals surface area (Å²) in [6.45, 7) is 5.26. The van der Waals surface area contributed by atoms with E-state index in [4.69, 9.17) is 16.3 Å². The van der Waals surface area contributed by atoms with Crippen LogP contribution in [0, 0.1) is 6.92 Å². The van der Waals surface area contributed by atoms with E-state index in [0.717, 1.165) is 15.4 Å². The Morgan fingerprint density at radius 2 is 1.54 bits per heavy atom. The largest absolute Gasteiger partial charge is 0.497 e. The molecule has 242 valence electrons. The van der Waals surface area contributed by atoms with Gasteiger partial charge in [-0.05, 0) is 79.9 Å². The van der Waals surface area contributed by atoms with E-state index in [0.29, 0.717) is 28.4 Å². The molecule has 0 saturated heterocycles. The molecule has 0 aliphatic rings. The van der Waals surface area contributed by atoms with Gasteiger partial charge in [0.25, 0.3) is 10.0 Å². The molecule has 46 heavy (non-hydrogen) atoms. The predicted molar refractivity (Wildman–Crippen MR) is 183 cm³/mol. The Balaban J connectivity index is 1.80. The van der Waals surface area contributed by atoms with Crippen molar-refractivity contribution in [3.05, 3.63) is 125 Å². The second-order valence-electron chi connectivity index (χ2n) is 11.2. The molecule has 0 saturated carbocycles. The van der Waals surface area contributed by atoms with Crippen LogP contribution in [0.15, 0.2) is 108 Å². The van der Waals surface area contributed by atoms with Crippen LogP contribution in [0.25, 0.3) is 0 Å². The van der Waals surface area contributed by atoms with Gasteiger partial charge in [0.05, 0.1) is 17.7 Å². The lowest BCUT2D eigenvalue weighted by Crippen LogP contribution is -2.54. The van der Waals surface area contributed by atoms with Crippen LogP contribution >= 0.6 is 11.6 Å². The lowest BCUT2D eigenvalue weighted by Gasteiger charge is -2.34. The van der Waals surface area contributed by atoms with Crippen molar-refractivity contribution in [3.63, 3.8) is 0 Å². The van der Waals surface area contributed by atoms with Crippen LogP contribution in [0.4, 0.5) is 5.69 Å². The topological polar surface area (TPSA) is 96.0 Å². The van der Waals surface area contributed by atoms with E-state index in [1.54, 1.807) is 54.6 Å².